The number of aromatic nitrogens is 2. The molecule has 3 aromatic rings. The van der Waals surface area contributed by atoms with Crippen molar-refractivity contribution in [3.8, 4) is 21.8 Å². The molecule has 0 saturated carbocycles. The van der Waals surface area contributed by atoms with Crippen molar-refractivity contribution in [2.24, 2.45) is 11.8 Å². The summed E-state index contributed by atoms with van der Waals surface area (Å²) in [6.45, 7) is 8.18. The first kappa shape index (κ1) is 29.9. The van der Waals surface area contributed by atoms with Crippen LogP contribution in [0.25, 0.3) is 21.8 Å². The van der Waals surface area contributed by atoms with Crippen molar-refractivity contribution in [2.45, 2.75) is 52.8 Å². The van der Waals surface area contributed by atoms with E-state index in [4.69, 9.17) is 16.3 Å². The highest BCUT2D eigenvalue weighted by Gasteiger charge is 2.52. The average molecular weight is 590 g/mol. The second-order valence-corrected chi connectivity index (χ2v) is 12.3. The van der Waals surface area contributed by atoms with Gasteiger partial charge in [0.2, 0.25) is 0 Å². The first-order chi connectivity index (χ1) is 17.6. The maximum atomic E-state index is 13.5. The Morgan fingerprint density at radius 2 is 1.82 bits per heavy atom. The lowest BCUT2D eigenvalue weighted by Crippen LogP contribution is -2.47. The summed E-state index contributed by atoms with van der Waals surface area (Å²) in [4.78, 5) is 21.0. The Balaban J connectivity index is 1.98. The van der Waals surface area contributed by atoms with Gasteiger partial charge in [-0.15, -0.1) is 11.3 Å². The monoisotopic (exact) mass is 589 g/mol. The van der Waals surface area contributed by atoms with Crippen LogP contribution in [0.4, 0.5) is 18.9 Å². The van der Waals surface area contributed by atoms with Crippen LogP contribution >= 0.6 is 22.9 Å². The molecule has 38 heavy (non-hydrogen) atoms. The van der Waals surface area contributed by atoms with Crippen LogP contribution in [-0.2, 0) is 26.0 Å². The molecular formula is C25H27ClF3N3O4S2. The van der Waals surface area contributed by atoms with Crippen LogP contribution in [0.2, 0.25) is 5.02 Å². The van der Waals surface area contributed by atoms with E-state index < -0.39 is 39.3 Å². The summed E-state index contributed by atoms with van der Waals surface area (Å²) in [6.07, 6.45) is 0.733. The Morgan fingerprint density at radius 1 is 1.13 bits per heavy atom. The van der Waals surface area contributed by atoms with Crippen LogP contribution in [0.5, 0.6) is 0 Å². The SMILES string of the molecule is CC(C)Cc1cc(-c2nc(-c3ccc(N(C(C)OC(=O)C(C)C)S(=O)(=O)C(F)(F)F)cc3Cl)cs2)ccn1. The van der Waals surface area contributed by atoms with Gasteiger partial charge in [0.05, 0.1) is 22.3 Å². The third kappa shape index (κ3) is 6.65. The first-order valence-electron chi connectivity index (χ1n) is 11.6. The highest BCUT2D eigenvalue weighted by molar-refractivity contribution is 7.93. The fourth-order valence-corrected chi connectivity index (χ4v) is 5.66. The van der Waals surface area contributed by atoms with Gasteiger partial charge in [-0.05, 0) is 49.6 Å². The summed E-state index contributed by atoms with van der Waals surface area (Å²) >= 11 is 7.77. The second kappa shape index (κ2) is 11.6. The van der Waals surface area contributed by atoms with Crippen LogP contribution in [0.3, 0.4) is 0 Å². The zero-order chi connectivity index (χ0) is 28.4. The van der Waals surface area contributed by atoms with Crippen molar-refractivity contribution in [1.82, 2.24) is 9.97 Å². The van der Waals surface area contributed by atoms with Crippen LogP contribution in [0.15, 0.2) is 41.9 Å². The van der Waals surface area contributed by atoms with Gasteiger partial charge >= 0.3 is 21.5 Å². The summed E-state index contributed by atoms with van der Waals surface area (Å²) in [5.74, 6) is -1.11. The van der Waals surface area contributed by atoms with E-state index in [-0.39, 0.29) is 9.33 Å². The summed E-state index contributed by atoms with van der Waals surface area (Å²) < 4.78 is 70.4. The van der Waals surface area contributed by atoms with Gasteiger partial charge in [0, 0.05) is 28.4 Å². The summed E-state index contributed by atoms with van der Waals surface area (Å²) in [5.41, 5.74) is -3.40. The van der Waals surface area contributed by atoms with Gasteiger partial charge in [-0.25, -0.2) is 9.29 Å². The number of pyridine rings is 1. The summed E-state index contributed by atoms with van der Waals surface area (Å²) in [7, 11) is -5.92. The van der Waals surface area contributed by atoms with Gasteiger partial charge in [0.25, 0.3) is 0 Å². The second-order valence-electron chi connectivity index (χ2n) is 9.27. The third-order valence-corrected chi connectivity index (χ3v) is 8.12. The molecule has 13 heteroatoms. The van der Waals surface area contributed by atoms with E-state index >= 15 is 0 Å². The number of carbonyl (C=O) groups excluding carboxylic acids is 1. The summed E-state index contributed by atoms with van der Waals surface area (Å²) in [5, 5.41) is 2.41. The number of anilines is 1. The molecule has 1 aromatic carbocycles. The number of rotatable bonds is 9. The number of ether oxygens (including phenoxy) is 1. The molecule has 0 saturated heterocycles. The van der Waals surface area contributed by atoms with Crippen LogP contribution in [0, 0.1) is 11.8 Å². The molecule has 3 rings (SSSR count). The fourth-order valence-electron chi connectivity index (χ4n) is 3.53. The van der Waals surface area contributed by atoms with E-state index in [1.165, 1.54) is 31.3 Å². The average Bonchev–Trinajstić information content (AvgIpc) is 3.28. The molecule has 1 unspecified atom stereocenters. The largest absolute Gasteiger partial charge is 0.516 e. The van der Waals surface area contributed by atoms with Crippen molar-refractivity contribution in [2.75, 3.05) is 4.31 Å². The molecule has 0 aliphatic rings. The lowest BCUT2D eigenvalue weighted by Gasteiger charge is -2.31. The fraction of sp³-hybridized carbons (Fsp3) is 0.400. The standard InChI is InChI=1S/C25H27ClF3N3O4S2/c1-14(2)10-18-11-17(8-9-30-18)23-31-22(13-37-23)20-7-6-19(12-21(20)26)32(38(34,35)25(27,28)29)16(5)36-24(33)15(3)4/h6-9,11-16H,10H2,1-5H3. The van der Waals surface area contributed by atoms with Crippen LogP contribution < -0.4 is 4.31 Å². The zero-order valence-corrected chi connectivity index (χ0v) is 23.7. The minimum absolute atomic E-state index is 0.00262. The Morgan fingerprint density at radius 3 is 2.39 bits per heavy atom. The number of alkyl halides is 3. The van der Waals surface area contributed by atoms with E-state index in [0.29, 0.717) is 22.2 Å². The van der Waals surface area contributed by atoms with Crippen molar-refractivity contribution in [1.29, 1.82) is 0 Å². The molecule has 0 N–H and O–H groups in total. The molecule has 0 spiro atoms. The molecule has 0 radical (unpaired) electrons. The van der Waals surface area contributed by atoms with Crippen molar-refractivity contribution in [3.63, 3.8) is 0 Å². The number of halogens is 4. The first-order valence-corrected chi connectivity index (χ1v) is 14.3. The summed E-state index contributed by atoms with van der Waals surface area (Å²) in [6, 6.07) is 7.40. The van der Waals surface area contributed by atoms with Crippen molar-refractivity contribution in [3.05, 3.63) is 52.6 Å². The molecule has 0 fully saturated rings. The molecule has 0 amide bonds. The van der Waals surface area contributed by atoms with Crippen LogP contribution in [-0.4, -0.2) is 36.1 Å². The van der Waals surface area contributed by atoms with Crippen LogP contribution in [0.1, 0.15) is 40.3 Å². The lowest BCUT2D eigenvalue weighted by molar-refractivity contribution is -0.151. The minimum Gasteiger partial charge on any atom is -0.441 e. The molecule has 2 aromatic heterocycles. The smallest absolute Gasteiger partial charge is 0.441 e. The Hall–Kier alpha value is -2.70. The van der Waals surface area contributed by atoms with Crippen molar-refractivity contribution < 1.29 is 31.1 Å². The zero-order valence-electron chi connectivity index (χ0n) is 21.3. The number of carbonyl (C=O) groups is 1. The molecule has 0 bridgehead atoms. The number of hydrogen-bond acceptors (Lipinski definition) is 7. The highest BCUT2D eigenvalue weighted by Crippen LogP contribution is 2.38. The number of nitrogens with zero attached hydrogens (tertiary/aromatic N) is 3. The number of esters is 1. The molecule has 7 nitrogen and oxygen atoms in total. The molecule has 206 valence electrons. The van der Waals surface area contributed by atoms with Gasteiger partial charge in [0.15, 0.2) is 6.23 Å². The molecule has 0 aliphatic heterocycles. The highest BCUT2D eigenvalue weighted by atomic mass is 35.5. The van der Waals surface area contributed by atoms with E-state index in [1.807, 2.05) is 12.1 Å². The van der Waals surface area contributed by atoms with Crippen molar-refractivity contribution >= 4 is 44.6 Å². The Labute approximate surface area is 228 Å². The predicted molar refractivity (Wildman–Crippen MR) is 142 cm³/mol. The molecule has 1 atom stereocenters. The quantitative estimate of drug-likeness (QED) is 0.199. The Kier molecular flexibility index (Phi) is 9.10. The molecule has 2 heterocycles. The number of sulfonamides is 1. The van der Waals surface area contributed by atoms with Gasteiger partial charge in [-0.2, -0.15) is 21.6 Å². The van der Waals surface area contributed by atoms with Gasteiger partial charge < -0.3 is 4.74 Å². The van der Waals surface area contributed by atoms with E-state index in [1.54, 1.807) is 11.6 Å². The Bertz CT molecular complexity index is 1410. The topological polar surface area (TPSA) is 89.5 Å². The van der Waals surface area contributed by atoms with E-state index in [9.17, 15) is 26.4 Å². The molecular weight excluding hydrogens is 563 g/mol. The minimum atomic E-state index is -5.92. The maximum absolute atomic E-state index is 13.5. The van der Waals surface area contributed by atoms with Gasteiger partial charge in [-0.3, -0.25) is 9.78 Å². The van der Waals surface area contributed by atoms with Gasteiger partial charge in [0.1, 0.15) is 5.01 Å². The third-order valence-electron chi connectivity index (χ3n) is 5.31. The number of thiazole rings is 1. The normalized spacial score (nSPS) is 13.1. The molecule has 0 aliphatic carbocycles. The lowest BCUT2D eigenvalue weighted by atomic mass is 10.1. The number of hydrogen-bond donors (Lipinski definition) is 0. The van der Waals surface area contributed by atoms with E-state index in [0.717, 1.165) is 36.7 Å². The maximum Gasteiger partial charge on any atom is 0.516 e. The van der Waals surface area contributed by atoms with E-state index in [2.05, 4.69) is 23.8 Å². The predicted octanol–water partition coefficient (Wildman–Crippen LogP) is 6.93. The van der Waals surface area contributed by atoms with Gasteiger partial charge in [-0.1, -0.05) is 39.3 Å². The number of benzene rings is 1.